The third-order valence-corrected chi connectivity index (χ3v) is 4.58. The molecule has 2 aliphatic rings. The molecule has 2 fully saturated rings. The van der Waals surface area contributed by atoms with Crippen LogP contribution in [0, 0.1) is 0 Å². The molecule has 126 valence electrons. The number of hydrogen-bond donors (Lipinski definition) is 1. The highest BCUT2D eigenvalue weighted by atomic mass is 16.5. The first-order chi connectivity index (χ1) is 11.8. The fraction of sp³-hybridized carbons (Fsp3) is 0.529. The largest absolute Gasteiger partial charge is 0.473 e. The van der Waals surface area contributed by atoms with Crippen LogP contribution in [0.25, 0.3) is 0 Å². The number of nitrogens with one attached hydrogen (secondary N) is 1. The molecule has 0 spiro atoms. The molecule has 2 saturated carbocycles. The van der Waals surface area contributed by atoms with Crippen molar-refractivity contribution in [2.24, 2.45) is 0 Å². The number of amides is 1. The summed E-state index contributed by atoms with van der Waals surface area (Å²) in [5.74, 6) is 1.71. The van der Waals surface area contributed by atoms with Gasteiger partial charge in [0.25, 0.3) is 5.91 Å². The molecule has 7 nitrogen and oxygen atoms in total. The summed E-state index contributed by atoms with van der Waals surface area (Å²) in [6.07, 6.45) is 10.8. The second kappa shape index (κ2) is 6.59. The third-order valence-electron chi connectivity index (χ3n) is 4.58. The van der Waals surface area contributed by atoms with Crippen LogP contribution in [0.3, 0.4) is 0 Å². The number of aromatic nitrogens is 3. The van der Waals surface area contributed by atoms with Crippen molar-refractivity contribution in [3.05, 3.63) is 36.1 Å². The summed E-state index contributed by atoms with van der Waals surface area (Å²) in [5.41, 5.74) is 0.384. The van der Waals surface area contributed by atoms with Crippen LogP contribution in [0.2, 0.25) is 0 Å². The van der Waals surface area contributed by atoms with Gasteiger partial charge in [-0.3, -0.25) is 9.78 Å². The van der Waals surface area contributed by atoms with Gasteiger partial charge in [-0.15, -0.1) is 0 Å². The van der Waals surface area contributed by atoms with Crippen LogP contribution in [0.1, 0.15) is 60.7 Å². The summed E-state index contributed by atoms with van der Waals surface area (Å²) < 4.78 is 11.1. The Hall–Kier alpha value is -2.44. The van der Waals surface area contributed by atoms with E-state index in [-0.39, 0.29) is 18.1 Å². The molecule has 1 amide bonds. The molecule has 2 aliphatic carbocycles. The molecule has 2 heterocycles. The van der Waals surface area contributed by atoms with Crippen molar-refractivity contribution in [2.45, 2.75) is 56.6 Å². The lowest BCUT2D eigenvalue weighted by Gasteiger charge is -2.28. The molecule has 24 heavy (non-hydrogen) atoms. The van der Waals surface area contributed by atoms with E-state index in [1.54, 1.807) is 24.7 Å². The molecule has 2 aromatic heterocycles. The Morgan fingerprint density at radius 2 is 2.00 bits per heavy atom. The Kier molecular flexibility index (Phi) is 4.15. The van der Waals surface area contributed by atoms with Crippen LogP contribution >= 0.6 is 0 Å². The number of carbonyl (C=O) groups is 1. The SMILES string of the molecule is O=C(NC1CCC(Oc2cnccn2)CC1)c1cc(C2CC2)on1. The van der Waals surface area contributed by atoms with Crippen LogP contribution in [0.5, 0.6) is 5.88 Å². The Bertz CT molecular complexity index is 691. The zero-order chi connectivity index (χ0) is 16.4. The van der Waals surface area contributed by atoms with E-state index in [4.69, 9.17) is 9.26 Å². The van der Waals surface area contributed by atoms with Crippen molar-refractivity contribution in [3.8, 4) is 5.88 Å². The molecule has 4 rings (SSSR count). The lowest BCUT2D eigenvalue weighted by molar-refractivity contribution is 0.0881. The normalized spacial score (nSPS) is 23.7. The van der Waals surface area contributed by atoms with E-state index < -0.39 is 0 Å². The minimum Gasteiger partial charge on any atom is -0.473 e. The van der Waals surface area contributed by atoms with Gasteiger partial charge in [-0.2, -0.15) is 0 Å². The molecule has 0 radical (unpaired) electrons. The van der Waals surface area contributed by atoms with E-state index in [2.05, 4.69) is 20.4 Å². The molecule has 1 N–H and O–H groups in total. The van der Waals surface area contributed by atoms with Crippen molar-refractivity contribution in [3.63, 3.8) is 0 Å². The first-order valence-corrected chi connectivity index (χ1v) is 8.48. The minimum atomic E-state index is -0.149. The highest BCUT2D eigenvalue weighted by Crippen LogP contribution is 2.40. The van der Waals surface area contributed by atoms with Gasteiger partial charge in [0, 0.05) is 30.4 Å². The minimum absolute atomic E-state index is 0.128. The van der Waals surface area contributed by atoms with Crippen molar-refractivity contribution in [1.82, 2.24) is 20.4 Å². The van der Waals surface area contributed by atoms with Crippen molar-refractivity contribution < 1.29 is 14.1 Å². The smallest absolute Gasteiger partial charge is 0.273 e. The molecule has 0 atom stereocenters. The molecule has 0 bridgehead atoms. The fourth-order valence-electron chi connectivity index (χ4n) is 3.06. The molecule has 0 aliphatic heterocycles. The van der Waals surface area contributed by atoms with Gasteiger partial charge in [0.15, 0.2) is 5.69 Å². The predicted octanol–water partition coefficient (Wildman–Crippen LogP) is 2.46. The zero-order valence-corrected chi connectivity index (χ0v) is 13.4. The van der Waals surface area contributed by atoms with Crippen molar-refractivity contribution >= 4 is 5.91 Å². The van der Waals surface area contributed by atoms with Gasteiger partial charge in [0.2, 0.25) is 5.88 Å². The Morgan fingerprint density at radius 3 is 2.71 bits per heavy atom. The lowest BCUT2D eigenvalue weighted by atomic mass is 9.93. The van der Waals surface area contributed by atoms with E-state index in [0.29, 0.717) is 17.5 Å². The number of nitrogens with zero attached hydrogens (tertiary/aromatic N) is 3. The molecule has 7 heteroatoms. The summed E-state index contributed by atoms with van der Waals surface area (Å²) >= 11 is 0. The topological polar surface area (TPSA) is 90.1 Å². The summed E-state index contributed by atoms with van der Waals surface area (Å²) in [4.78, 5) is 20.4. The average Bonchev–Trinajstić information content (AvgIpc) is 3.34. The van der Waals surface area contributed by atoms with Gasteiger partial charge in [0.05, 0.1) is 6.20 Å². The summed E-state index contributed by atoms with van der Waals surface area (Å²) in [5, 5.41) is 6.93. The lowest BCUT2D eigenvalue weighted by Crippen LogP contribution is -2.39. The Balaban J connectivity index is 1.25. The summed E-state index contributed by atoms with van der Waals surface area (Å²) in [7, 11) is 0. The summed E-state index contributed by atoms with van der Waals surface area (Å²) in [6, 6.07) is 1.93. The van der Waals surface area contributed by atoms with Crippen molar-refractivity contribution in [1.29, 1.82) is 0 Å². The molecule has 0 aromatic carbocycles. The summed E-state index contributed by atoms with van der Waals surface area (Å²) in [6.45, 7) is 0. The van der Waals surface area contributed by atoms with E-state index in [0.717, 1.165) is 44.3 Å². The van der Waals surface area contributed by atoms with Gasteiger partial charge in [-0.1, -0.05) is 5.16 Å². The molecule has 0 saturated heterocycles. The first kappa shape index (κ1) is 15.1. The Morgan fingerprint density at radius 1 is 1.17 bits per heavy atom. The maximum absolute atomic E-state index is 12.3. The first-order valence-electron chi connectivity index (χ1n) is 8.48. The molecule has 2 aromatic rings. The van der Waals surface area contributed by atoms with Crippen LogP contribution in [0.15, 0.2) is 29.2 Å². The second-order valence-electron chi connectivity index (χ2n) is 6.50. The molecule has 0 unspecified atom stereocenters. The number of carbonyl (C=O) groups excluding carboxylic acids is 1. The maximum Gasteiger partial charge on any atom is 0.273 e. The third kappa shape index (κ3) is 3.55. The van der Waals surface area contributed by atoms with Crippen LogP contribution in [0.4, 0.5) is 0 Å². The average molecular weight is 328 g/mol. The van der Waals surface area contributed by atoms with E-state index in [9.17, 15) is 4.79 Å². The van der Waals surface area contributed by atoms with Gasteiger partial charge in [-0.05, 0) is 38.5 Å². The second-order valence-corrected chi connectivity index (χ2v) is 6.50. The molecular formula is C17H20N4O3. The van der Waals surface area contributed by atoms with Gasteiger partial charge >= 0.3 is 0 Å². The predicted molar refractivity (Wildman–Crippen MR) is 84.6 cm³/mol. The van der Waals surface area contributed by atoms with E-state index >= 15 is 0 Å². The zero-order valence-electron chi connectivity index (χ0n) is 13.4. The Labute approximate surface area is 139 Å². The number of rotatable bonds is 5. The quantitative estimate of drug-likeness (QED) is 0.907. The monoisotopic (exact) mass is 328 g/mol. The number of hydrogen-bond acceptors (Lipinski definition) is 6. The highest BCUT2D eigenvalue weighted by Gasteiger charge is 2.30. The fourth-order valence-corrected chi connectivity index (χ4v) is 3.06. The van der Waals surface area contributed by atoms with Crippen LogP contribution in [-0.2, 0) is 0 Å². The number of ether oxygens (including phenoxy) is 1. The van der Waals surface area contributed by atoms with E-state index in [1.165, 1.54) is 0 Å². The van der Waals surface area contributed by atoms with Gasteiger partial charge in [-0.25, -0.2) is 4.98 Å². The maximum atomic E-state index is 12.3. The van der Waals surface area contributed by atoms with Gasteiger partial charge < -0.3 is 14.6 Å². The highest BCUT2D eigenvalue weighted by molar-refractivity contribution is 5.92. The van der Waals surface area contributed by atoms with E-state index in [1.807, 2.05) is 0 Å². The standard InChI is InChI=1S/C17H20N4O3/c22-17(14-9-15(24-21-14)11-1-2-11)20-12-3-5-13(6-4-12)23-16-10-18-7-8-19-16/h7-13H,1-6H2,(H,20,22). The van der Waals surface area contributed by atoms with Gasteiger partial charge in [0.1, 0.15) is 11.9 Å². The van der Waals surface area contributed by atoms with Crippen LogP contribution < -0.4 is 10.1 Å². The van der Waals surface area contributed by atoms with Crippen molar-refractivity contribution in [2.75, 3.05) is 0 Å². The van der Waals surface area contributed by atoms with Crippen LogP contribution in [-0.4, -0.2) is 33.2 Å². The molecular weight excluding hydrogens is 308 g/mol.